The lowest BCUT2D eigenvalue weighted by atomic mass is 9.96. The molecule has 1 aliphatic heterocycles. The van der Waals surface area contributed by atoms with E-state index in [9.17, 15) is 0 Å². The lowest BCUT2D eigenvalue weighted by Gasteiger charge is -2.14. The first-order valence-electron chi connectivity index (χ1n) is 10.4. The van der Waals surface area contributed by atoms with Crippen molar-refractivity contribution in [3.05, 3.63) is 82.9 Å². The van der Waals surface area contributed by atoms with Gasteiger partial charge in [0.25, 0.3) is 6.33 Å². The predicted octanol–water partition coefficient (Wildman–Crippen LogP) is 4.89. The molecule has 0 saturated heterocycles. The first-order valence-corrected chi connectivity index (χ1v) is 10.4. The second kappa shape index (κ2) is 5.99. The summed E-state index contributed by atoms with van der Waals surface area (Å²) in [6, 6.07) is 17.4. The smallest absolute Gasteiger partial charge is 0.287 e. The van der Waals surface area contributed by atoms with E-state index in [0.29, 0.717) is 0 Å². The molecule has 0 spiro atoms. The standard InChI is InChI=1S/C26H23N4/c1-15-9-10-19-21(11-15)27-14-29(4)26(19)20-13-22-25(17(3)16(20)2)30-23-8-6-5-7-18(23)12-24(30)28-22/h5-11,13-14H,12H2,1-4H3/q+1. The average molecular weight is 391 g/mol. The summed E-state index contributed by atoms with van der Waals surface area (Å²) < 4.78 is 4.48. The number of aryl methyl sites for hydroxylation is 3. The van der Waals surface area contributed by atoms with Crippen LogP contribution in [0, 0.1) is 20.8 Å². The zero-order valence-electron chi connectivity index (χ0n) is 17.7. The van der Waals surface area contributed by atoms with Gasteiger partial charge in [0.2, 0.25) is 0 Å². The van der Waals surface area contributed by atoms with Gasteiger partial charge in [-0.3, -0.25) is 4.57 Å². The number of hydrogen-bond acceptors (Lipinski definition) is 2. The highest BCUT2D eigenvalue weighted by Gasteiger charge is 2.26. The molecule has 0 fully saturated rings. The zero-order valence-corrected chi connectivity index (χ0v) is 17.7. The highest BCUT2D eigenvalue weighted by Crippen LogP contribution is 2.38. The first kappa shape index (κ1) is 17.3. The van der Waals surface area contributed by atoms with Crippen LogP contribution in [0.1, 0.15) is 28.1 Å². The van der Waals surface area contributed by atoms with E-state index in [-0.39, 0.29) is 0 Å². The molecule has 0 N–H and O–H groups in total. The molecule has 30 heavy (non-hydrogen) atoms. The van der Waals surface area contributed by atoms with Crippen molar-refractivity contribution in [2.24, 2.45) is 7.05 Å². The molecule has 2 aromatic heterocycles. The van der Waals surface area contributed by atoms with Crippen LogP contribution in [-0.2, 0) is 13.5 Å². The number of imidazole rings is 1. The summed E-state index contributed by atoms with van der Waals surface area (Å²) in [4.78, 5) is 9.71. The van der Waals surface area contributed by atoms with Gasteiger partial charge < -0.3 is 0 Å². The Hall–Kier alpha value is -3.53. The summed E-state index contributed by atoms with van der Waals surface area (Å²) in [6.45, 7) is 6.57. The molecule has 0 aliphatic carbocycles. The molecule has 3 heterocycles. The van der Waals surface area contributed by atoms with Crippen LogP contribution in [0.3, 0.4) is 0 Å². The van der Waals surface area contributed by atoms with Gasteiger partial charge in [-0.2, -0.15) is 0 Å². The molecule has 0 saturated carbocycles. The highest BCUT2D eigenvalue weighted by atomic mass is 15.1. The van der Waals surface area contributed by atoms with Crippen LogP contribution in [0.2, 0.25) is 0 Å². The van der Waals surface area contributed by atoms with E-state index in [4.69, 9.17) is 4.98 Å². The number of benzene rings is 3. The van der Waals surface area contributed by atoms with Crippen LogP contribution >= 0.6 is 0 Å². The van der Waals surface area contributed by atoms with Crippen LogP contribution in [0.25, 0.3) is 38.9 Å². The Kier molecular flexibility index (Phi) is 3.46. The van der Waals surface area contributed by atoms with Gasteiger partial charge in [0, 0.05) is 12.0 Å². The van der Waals surface area contributed by atoms with Crippen LogP contribution in [0.5, 0.6) is 0 Å². The van der Waals surface area contributed by atoms with E-state index >= 15 is 0 Å². The topological polar surface area (TPSA) is 34.6 Å². The molecule has 0 atom stereocenters. The van der Waals surface area contributed by atoms with E-state index in [2.05, 4.69) is 90.5 Å². The fourth-order valence-corrected chi connectivity index (χ4v) is 4.92. The lowest BCUT2D eigenvalue weighted by Crippen LogP contribution is -2.32. The molecule has 1 aliphatic rings. The maximum absolute atomic E-state index is 5.06. The van der Waals surface area contributed by atoms with Gasteiger partial charge in [0.05, 0.1) is 29.2 Å². The van der Waals surface area contributed by atoms with Gasteiger partial charge in [-0.1, -0.05) is 24.3 Å². The summed E-state index contributed by atoms with van der Waals surface area (Å²) in [6.07, 6.45) is 2.81. The van der Waals surface area contributed by atoms with Crippen molar-refractivity contribution in [1.29, 1.82) is 0 Å². The Morgan fingerprint density at radius 1 is 0.933 bits per heavy atom. The van der Waals surface area contributed by atoms with E-state index < -0.39 is 0 Å². The van der Waals surface area contributed by atoms with E-state index in [1.807, 2.05) is 6.33 Å². The largest absolute Gasteiger partial charge is 0.295 e. The minimum atomic E-state index is 0.893. The third kappa shape index (κ3) is 2.25. The Labute approximate surface area is 175 Å². The maximum Gasteiger partial charge on any atom is 0.287 e. The Morgan fingerprint density at radius 3 is 2.63 bits per heavy atom. The van der Waals surface area contributed by atoms with Crippen LogP contribution in [0.15, 0.2) is 54.9 Å². The Morgan fingerprint density at radius 2 is 1.77 bits per heavy atom. The summed E-state index contributed by atoms with van der Waals surface area (Å²) in [5.74, 6) is 1.13. The molecule has 6 rings (SSSR count). The number of para-hydroxylation sites is 1. The van der Waals surface area contributed by atoms with Crippen LogP contribution < -0.4 is 4.57 Å². The summed E-state index contributed by atoms with van der Waals surface area (Å²) in [5.41, 5.74) is 12.2. The van der Waals surface area contributed by atoms with Gasteiger partial charge in [0.15, 0.2) is 5.52 Å². The normalized spacial score (nSPS) is 12.5. The fraction of sp³-hybridized carbons (Fsp3) is 0.192. The SMILES string of the molecule is Cc1ccc2c(-c3cc4nc5n(c4c(C)c3C)-c3ccccc3C5)[n+](C)cnc2c1. The molecule has 146 valence electrons. The molecule has 5 aromatic rings. The predicted molar refractivity (Wildman–Crippen MR) is 120 cm³/mol. The second-order valence-corrected chi connectivity index (χ2v) is 8.44. The maximum atomic E-state index is 5.06. The number of hydrogen-bond donors (Lipinski definition) is 0. The quantitative estimate of drug-likeness (QED) is 0.374. The molecule has 0 bridgehead atoms. The molecule has 0 amide bonds. The van der Waals surface area contributed by atoms with Crippen molar-refractivity contribution in [3.63, 3.8) is 0 Å². The molecule has 3 aromatic carbocycles. The van der Waals surface area contributed by atoms with Crippen LogP contribution in [0.4, 0.5) is 0 Å². The van der Waals surface area contributed by atoms with Crippen molar-refractivity contribution in [1.82, 2.24) is 14.5 Å². The number of rotatable bonds is 1. The molecular weight excluding hydrogens is 368 g/mol. The Bertz CT molecular complexity index is 1510. The first-order chi connectivity index (χ1) is 14.5. The number of aromatic nitrogens is 4. The average Bonchev–Trinajstić information content (AvgIpc) is 3.26. The van der Waals surface area contributed by atoms with Crippen molar-refractivity contribution in [2.75, 3.05) is 0 Å². The van der Waals surface area contributed by atoms with Crippen molar-refractivity contribution >= 4 is 21.9 Å². The summed E-state index contributed by atoms with van der Waals surface area (Å²) in [5, 5.41) is 1.17. The van der Waals surface area contributed by atoms with E-state index in [0.717, 1.165) is 23.3 Å². The Balaban J connectivity index is 1.68. The third-order valence-electron chi connectivity index (χ3n) is 6.54. The third-order valence-corrected chi connectivity index (χ3v) is 6.54. The van der Waals surface area contributed by atoms with Crippen molar-refractivity contribution < 1.29 is 4.57 Å². The van der Waals surface area contributed by atoms with Crippen LogP contribution in [-0.4, -0.2) is 14.5 Å². The zero-order chi connectivity index (χ0) is 20.6. The minimum absolute atomic E-state index is 0.893. The van der Waals surface area contributed by atoms with Gasteiger partial charge in [-0.05, 0) is 72.3 Å². The lowest BCUT2D eigenvalue weighted by molar-refractivity contribution is -0.662. The summed E-state index contributed by atoms with van der Waals surface area (Å²) in [7, 11) is 2.07. The molecular formula is C26H23N4+. The van der Waals surface area contributed by atoms with Gasteiger partial charge in [0.1, 0.15) is 11.5 Å². The highest BCUT2D eigenvalue weighted by molar-refractivity contribution is 5.96. The van der Waals surface area contributed by atoms with Crippen molar-refractivity contribution in [2.45, 2.75) is 27.2 Å². The molecule has 4 nitrogen and oxygen atoms in total. The molecule has 4 heteroatoms. The van der Waals surface area contributed by atoms with Gasteiger partial charge in [-0.15, -0.1) is 0 Å². The molecule has 0 radical (unpaired) electrons. The minimum Gasteiger partial charge on any atom is -0.295 e. The van der Waals surface area contributed by atoms with E-state index in [1.54, 1.807) is 0 Å². The van der Waals surface area contributed by atoms with Gasteiger partial charge >= 0.3 is 0 Å². The van der Waals surface area contributed by atoms with Gasteiger partial charge in [-0.25, -0.2) is 9.55 Å². The summed E-state index contributed by atoms with van der Waals surface area (Å²) >= 11 is 0. The molecule has 0 unspecified atom stereocenters. The van der Waals surface area contributed by atoms with Crippen molar-refractivity contribution in [3.8, 4) is 16.9 Å². The number of fused-ring (bicyclic) bond motifs is 6. The monoisotopic (exact) mass is 391 g/mol. The second-order valence-electron chi connectivity index (χ2n) is 8.44. The fourth-order valence-electron chi connectivity index (χ4n) is 4.92. The van der Waals surface area contributed by atoms with E-state index in [1.165, 1.54) is 50.1 Å². The number of nitrogens with zero attached hydrogens (tertiary/aromatic N) is 4.